The second-order valence-electron chi connectivity index (χ2n) is 2.96. The number of hydrogen-bond acceptors (Lipinski definition) is 4. The van der Waals surface area contributed by atoms with Gasteiger partial charge in [-0.2, -0.15) is 0 Å². The standard InChI is InChI=1S/C10H16N2O2/c1-14-10-4-3-9(8-12-10)7-11-5-2-6-13/h3-4,8,11,13H,2,5-7H2,1H3. The number of rotatable bonds is 6. The molecule has 0 aliphatic heterocycles. The molecule has 14 heavy (non-hydrogen) atoms. The van der Waals surface area contributed by atoms with Crippen LogP contribution in [-0.4, -0.2) is 30.4 Å². The molecular formula is C10H16N2O2. The number of aliphatic hydroxyl groups is 1. The molecule has 4 heteroatoms. The molecule has 0 fully saturated rings. The summed E-state index contributed by atoms with van der Waals surface area (Å²) in [5, 5.41) is 11.8. The first kappa shape index (κ1) is 10.9. The second kappa shape index (κ2) is 6.34. The average molecular weight is 196 g/mol. The molecule has 0 atom stereocenters. The summed E-state index contributed by atoms with van der Waals surface area (Å²) < 4.78 is 4.95. The van der Waals surface area contributed by atoms with E-state index in [1.54, 1.807) is 13.3 Å². The van der Waals surface area contributed by atoms with Gasteiger partial charge in [0.25, 0.3) is 0 Å². The molecule has 0 unspecified atom stereocenters. The van der Waals surface area contributed by atoms with Crippen LogP contribution in [0.25, 0.3) is 0 Å². The van der Waals surface area contributed by atoms with Crippen LogP contribution in [0.1, 0.15) is 12.0 Å². The Morgan fingerprint density at radius 2 is 2.36 bits per heavy atom. The van der Waals surface area contributed by atoms with Crippen molar-refractivity contribution in [3.8, 4) is 5.88 Å². The van der Waals surface area contributed by atoms with Gasteiger partial charge in [0.05, 0.1) is 7.11 Å². The molecule has 0 bridgehead atoms. The van der Waals surface area contributed by atoms with E-state index in [0.29, 0.717) is 5.88 Å². The number of nitrogens with zero attached hydrogens (tertiary/aromatic N) is 1. The highest BCUT2D eigenvalue weighted by Crippen LogP contribution is 2.05. The molecular weight excluding hydrogens is 180 g/mol. The highest BCUT2D eigenvalue weighted by molar-refractivity contribution is 5.17. The largest absolute Gasteiger partial charge is 0.481 e. The van der Waals surface area contributed by atoms with E-state index in [4.69, 9.17) is 9.84 Å². The maximum atomic E-state index is 8.56. The lowest BCUT2D eigenvalue weighted by molar-refractivity contribution is 0.286. The van der Waals surface area contributed by atoms with E-state index in [1.165, 1.54) is 0 Å². The van der Waals surface area contributed by atoms with E-state index >= 15 is 0 Å². The van der Waals surface area contributed by atoms with Crippen molar-refractivity contribution in [1.82, 2.24) is 10.3 Å². The lowest BCUT2D eigenvalue weighted by Crippen LogP contribution is -2.15. The van der Waals surface area contributed by atoms with Gasteiger partial charge >= 0.3 is 0 Å². The highest BCUT2D eigenvalue weighted by atomic mass is 16.5. The van der Waals surface area contributed by atoms with Crippen molar-refractivity contribution < 1.29 is 9.84 Å². The second-order valence-corrected chi connectivity index (χ2v) is 2.96. The Morgan fingerprint density at radius 1 is 1.50 bits per heavy atom. The van der Waals surface area contributed by atoms with Gasteiger partial charge in [0.15, 0.2) is 0 Å². The molecule has 0 spiro atoms. The smallest absolute Gasteiger partial charge is 0.212 e. The van der Waals surface area contributed by atoms with Crippen molar-refractivity contribution in [2.75, 3.05) is 20.3 Å². The van der Waals surface area contributed by atoms with E-state index in [0.717, 1.165) is 25.1 Å². The molecule has 0 aliphatic carbocycles. The van der Waals surface area contributed by atoms with Crippen LogP contribution in [-0.2, 0) is 6.54 Å². The van der Waals surface area contributed by atoms with Crippen molar-refractivity contribution in [3.05, 3.63) is 23.9 Å². The molecule has 0 saturated heterocycles. The topological polar surface area (TPSA) is 54.4 Å². The van der Waals surface area contributed by atoms with Crippen LogP contribution in [0.5, 0.6) is 5.88 Å². The first-order valence-electron chi connectivity index (χ1n) is 4.67. The summed E-state index contributed by atoms with van der Waals surface area (Å²) in [4.78, 5) is 4.08. The van der Waals surface area contributed by atoms with E-state index in [1.807, 2.05) is 12.1 Å². The van der Waals surface area contributed by atoms with Crippen LogP contribution < -0.4 is 10.1 Å². The van der Waals surface area contributed by atoms with Gasteiger partial charge < -0.3 is 15.2 Å². The first-order valence-corrected chi connectivity index (χ1v) is 4.67. The third-order valence-corrected chi connectivity index (χ3v) is 1.85. The molecule has 1 aromatic heterocycles. The van der Waals surface area contributed by atoms with Gasteiger partial charge in [-0.05, 0) is 18.5 Å². The van der Waals surface area contributed by atoms with Crippen molar-refractivity contribution in [2.45, 2.75) is 13.0 Å². The molecule has 1 aromatic rings. The zero-order valence-electron chi connectivity index (χ0n) is 8.36. The summed E-state index contributed by atoms with van der Waals surface area (Å²) in [6, 6.07) is 3.81. The van der Waals surface area contributed by atoms with Crippen molar-refractivity contribution in [2.24, 2.45) is 0 Å². The Bertz CT molecular complexity index is 249. The fourth-order valence-corrected chi connectivity index (χ4v) is 1.07. The summed E-state index contributed by atoms with van der Waals surface area (Å²) in [7, 11) is 1.60. The Balaban J connectivity index is 2.29. The molecule has 78 valence electrons. The molecule has 0 aliphatic rings. The Hall–Kier alpha value is -1.13. The maximum Gasteiger partial charge on any atom is 0.212 e. The maximum absolute atomic E-state index is 8.56. The fraction of sp³-hybridized carbons (Fsp3) is 0.500. The number of aromatic nitrogens is 1. The van der Waals surface area contributed by atoms with Crippen LogP contribution in [0.15, 0.2) is 18.3 Å². The predicted molar refractivity (Wildman–Crippen MR) is 54.2 cm³/mol. The van der Waals surface area contributed by atoms with Gasteiger partial charge in [-0.15, -0.1) is 0 Å². The van der Waals surface area contributed by atoms with E-state index < -0.39 is 0 Å². The number of pyridine rings is 1. The fourth-order valence-electron chi connectivity index (χ4n) is 1.07. The number of methoxy groups -OCH3 is 1. The molecule has 0 radical (unpaired) electrons. The Labute approximate surface area is 83.9 Å². The van der Waals surface area contributed by atoms with E-state index in [9.17, 15) is 0 Å². The van der Waals surface area contributed by atoms with Crippen LogP contribution in [0.2, 0.25) is 0 Å². The zero-order valence-corrected chi connectivity index (χ0v) is 8.36. The monoisotopic (exact) mass is 196 g/mol. The van der Waals surface area contributed by atoms with Gasteiger partial charge in [-0.3, -0.25) is 0 Å². The summed E-state index contributed by atoms with van der Waals surface area (Å²) in [6.45, 7) is 1.83. The van der Waals surface area contributed by atoms with Gasteiger partial charge in [-0.25, -0.2) is 4.98 Å². The van der Waals surface area contributed by atoms with Crippen molar-refractivity contribution in [1.29, 1.82) is 0 Å². The molecule has 0 aromatic carbocycles. The summed E-state index contributed by atoms with van der Waals surface area (Å²) >= 11 is 0. The minimum atomic E-state index is 0.230. The van der Waals surface area contributed by atoms with Gasteiger partial charge in [0.1, 0.15) is 0 Å². The minimum Gasteiger partial charge on any atom is -0.481 e. The minimum absolute atomic E-state index is 0.230. The molecule has 0 saturated carbocycles. The normalized spacial score (nSPS) is 10.1. The summed E-state index contributed by atoms with van der Waals surface area (Å²) in [5.41, 5.74) is 1.11. The van der Waals surface area contributed by atoms with Gasteiger partial charge in [0, 0.05) is 25.4 Å². The Kier molecular flexibility index (Phi) is 4.96. The molecule has 0 amide bonds. The van der Waals surface area contributed by atoms with Gasteiger partial charge in [0.2, 0.25) is 5.88 Å². The van der Waals surface area contributed by atoms with Crippen LogP contribution in [0.3, 0.4) is 0 Å². The summed E-state index contributed by atoms with van der Waals surface area (Å²) in [6.07, 6.45) is 2.56. The SMILES string of the molecule is COc1ccc(CNCCCO)cn1. The predicted octanol–water partition coefficient (Wildman–Crippen LogP) is 0.562. The lowest BCUT2D eigenvalue weighted by atomic mass is 10.3. The van der Waals surface area contributed by atoms with Crippen LogP contribution in [0.4, 0.5) is 0 Å². The third-order valence-electron chi connectivity index (χ3n) is 1.85. The molecule has 1 heterocycles. The number of aliphatic hydroxyl groups excluding tert-OH is 1. The quantitative estimate of drug-likeness (QED) is 0.653. The number of hydrogen-bond donors (Lipinski definition) is 2. The Morgan fingerprint density at radius 3 is 2.93 bits per heavy atom. The first-order chi connectivity index (χ1) is 6.86. The molecule has 4 nitrogen and oxygen atoms in total. The lowest BCUT2D eigenvalue weighted by Gasteiger charge is -2.04. The van der Waals surface area contributed by atoms with Crippen molar-refractivity contribution >= 4 is 0 Å². The van der Waals surface area contributed by atoms with Crippen LogP contribution in [0, 0.1) is 0 Å². The van der Waals surface area contributed by atoms with Crippen molar-refractivity contribution in [3.63, 3.8) is 0 Å². The van der Waals surface area contributed by atoms with Crippen LogP contribution >= 0.6 is 0 Å². The van der Waals surface area contributed by atoms with Gasteiger partial charge in [-0.1, -0.05) is 6.07 Å². The third kappa shape index (κ3) is 3.72. The summed E-state index contributed by atoms with van der Waals surface area (Å²) in [5.74, 6) is 0.629. The number of nitrogens with one attached hydrogen (secondary N) is 1. The van der Waals surface area contributed by atoms with E-state index in [-0.39, 0.29) is 6.61 Å². The zero-order chi connectivity index (χ0) is 10.2. The highest BCUT2D eigenvalue weighted by Gasteiger charge is 1.94. The average Bonchev–Trinajstić information content (AvgIpc) is 2.25. The molecule has 2 N–H and O–H groups in total. The van der Waals surface area contributed by atoms with E-state index in [2.05, 4.69) is 10.3 Å². The molecule has 1 rings (SSSR count). The number of ether oxygens (including phenoxy) is 1.